The maximum absolute atomic E-state index is 12.0. The molecule has 2 rings (SSSR count). The Kier molecular flexibility index (Phi) is 4.50. The van der Waals surface area contributed by atoms with Crippen LogP contribution in [0.1, 0.15) is 39.5 Å². The Morgan fingerprint density at radius 2 is 2.24 bits per heavy atom. The minimum Gasteiger partial charge on any atom is -0.480 e. The number of amides is 2. The second-order valence-electron chi connectivity index (χ2n) is 6.21. The van der Waals surface area contributed by atoms with Gasteiger partial charge in [-0.1, -0.05) is 26.7 Å². The van der Waals surface area contributed by atoms with Crippen LogP contribution in [0.4, 0.5) is 10.5 Å². The van der Waals surface area contributed by atoms with Crippen LogP contribution in [0.2, 0.25) is 0 Å². The van der Waals surface area contributed by atoms with Crippen LogP contribution >= 0.6 is 0 Å². The molecule has 0 bridgehead atoms. The van der Waals surface area contributed by atoms with Crippen LogP contribution in [-0.4, -0.2) is 32.9 Å². The summed E-state index contributed by atoms with van der Waals surface area (Å²) in [7, 11) is 0. The Hall–Kier alpha value is -2.05. The molecule has 7 heteroatoms. The Bertz CT molecular complexity index is 524. The molecule has 1 aliphatic carbocycles. The molecule has 0 aromatic carbocycles. The number of carboxylic acids is 1. The number of anilines is 1. The van der Waals surface area contributed by atoms with Gasteiger partial charge < -0.3 is 15.7 Å². The van der Waals surface area contributed by atoms with Gasteiger partial charge in [-0.3, -0.25) is 9.48 Å². The van der Waals surface area contributed by atoms with E-state index in [2.05, 4.69) is 29.6 Å². The van der Waals surface area contributed by atoms with Crippen LogP contribution in [0, 0.1) is 5.41 Å². The van der Waals surface area contributed by atoms with E-state index >= 15 is 0 Å². The van der Waals surface area contributed by atoms with Crippen LogP contribution < -0.4 is 10.6 Å². The Labute approximate surface area is 123 Å². The molecule has 0 radical (unpaired) electrons. The van der Waals surface area contributed by atoms with Crippen LogP contribution in [0.15, 0.2) is 12.4 Å². The van der Waals surface area contributed by atoms with E-state index in [0.717, 1.165) is 19.3 Å². The summed E-state index contributed by atoms with van der Waals surface area (Å²) >= 11 is 0. The molecule has 1 atom stereocenters. The summed E-state index contributed by atoms with van der Waals surface area (Å²) in [4.78, 5) is 22.6. The summed E-state index contributed by atoms with van der Waals surface area (Å²) in [5.41, 5.74) is 0.589. The molecule has 21 heavy (non-hydrogen) atoms. The number of aliphatic carboxylic acids is 1. The Morgan fingerprint density at radius 3 is 2.90 bits per heavy atom. The van der Waals surface area contributed by atoms with Gasteiger partial charge in [0.1, 0.15) is 6.54 Å². The predicted octanol–water partition coefficient (Wildman–Crippen LogP) is 2.06. The first-order chi connectivity index (χ1) is 9.87. The molecular weight excluding hydrogens is 272 g/mol. The number of carbonyl (C=O) groups excluding carboxylic acids is 1. The third-order valence-corrected chi connectivity index (χ3v) is 4.00. The van der Waals surface area contributed by atoms with Gasteiger partial charge in [0.2, 0.25) is 0 Å². The lowest BCUT2D eigenvalue weighted by Gasteiger charge is -2.38. The van der Waals surface area contributed by atoms with Gasteiger partial charge >= 0.3 is 12.0 Å². The molecule has 1 aromatic heterocycles. The molecule has 1 unspecified atom stereocenters. The molecule has 0 aliphatic heterocycles. The molecule has 1 heterocycles. The molecule has 1 aliphatic rings. The third-order valence-electron chi connectivity index (χ3n) is 4.00. The smallest absolute Gasteiger partial charge is 0.325 e. The maximum atomic E-state index is 12.0. The van der Waals surface area contributed by atoms with E-state index in [0.29, 0.717) is 5.69 Å². The normalized spacial score (nSPS) is 20.8. The predicted molar refractivity (Wildman–Crippen MR) is 78.1 cm³/mol. The number of aromatic nitrogens is 2. The molecular formula is C14H22N4O3. The van der Waals surface area contributed by atoms with Gasteiger partial charge in [-0.2, -0.15) is 5.10 Å². The average Bonchev–Trinajstić information content (AvgIpc) is 2.78. The van der Waals surface area contributed by atoms with Crippen molar-refractivity contribution in [2.75, 3.05) is 5.32 Å². The standard InChI is InChI=1S/C14H22N4O3/c1-14(2)6-4-3-5-11(14)17-13(21)16-10-7-15-18(8-10)9-12(19)20/h7-8,11H,3-6,9H2,1-2H3,(H,19,20)(H2,16,17,21). The summed E-state index contributed by atoms with van der Waals surface area (Å²) < 4.78 is 1.27. The molecule has 1 saturated carbocycles. The summed E-state index contributed by atoms with van der Waals surface area (Å²) in [6.07, 6.45) is 7.36. The van der Waals surface area contributed by atoms with Crippen LogP contribution in [0.25, 0.3) is 0 Å². The lowest BCUT2D eigenvalue weighted by atomic mass is 9.73. The zero-order chi connectivity index (χ0) is 15.5. The molecule has 3 N–H and O–H groups in total. The van der Waals surface area contributed by atoms with E-state index in [1.165, 1.54) is 23.5 Å². The van der Waals surface area contributed by atoms with E-state index in [4.69, 9.17) is 5.11 Å². The van der Waals surface area contributed by atoms with Gasteiger partial charge in [0.15, 0.2) is 0 Å². The number of hydrogen-bond donors (Lipinski definition) is 3. The molecule has 7 nitrogen and oxygen atoms in total. The van der Waals surface area contributed by atoms with Gasteiger partial charge in [0.25, 0.3) is 0 Å². The van der Waals surface area contributed by atoms with Crippen molar-refractivity contribution < 1.29 is 14.7 Å². The fraction of sp³-hybridized carbons (Fsp3) is 0.643. The van der Waals surface area contributed by atoms with Crippen molar-refractivity contribution in [1.82, 2.24) is 15.1 Å². The first-order valence-corrected chi connectivity index (χ1v) is 7.18. The van der Waals surface area contributed by atoms with Crippen molar-refractivity contribution in [3.63, 3.8) is 0 Å². The van der Waals surface area contributed by atoms with E-state index in [1.807, 2.05) is 0 Å². The number of nitrogens with zero attached hydrogens (tertiary/aromatic N) is 2. The van der Waals surface area contributed by atoms with Gasteiger partial charge in [0.05, 0.1) is 11.9 Å². The van der Waals surface area contributed by atoms with Gasteiger partial charge in [-0.25, -0.2) is 4.79 Å². The lowest BCUT2D eigenvalue weighted by Crippen LogP contribution is -2.48. The highest BCUT2D eigenvalue weighted by atomic mass is 16.4. The van der Waals surface area contributed by atoms with E-state index < -0.39 is 5.97 Å². The van der Waals surface area contributed by atoms with Crippen LogP contribution in [0.5, 0.6) is 0 Å². The Morgan fingerprint density at radius 1 is 1.48 bits per heavy atom. The lowest BCUT2D eigenvalue weighted by molar-refractivity contribution is -0.137. The molecule has 1 fully saturated rings. The average molecular weight is 294 g/mol. The van der Waals surface area contributed by atoms with E-state index in [9.17, 15) is 9.59 Å². The minimum absolute atomic E-state index is 0.100. The zero-order valence-electron chi connectivity index (χ0n) is 12.4. The van der Waals surface area contributed by atoms with Crippen molar-refractivity contribution in [2.45, 2.75) is 52.1 Å². The fourth-order valence-corrected chi connectivity index (χ4v) is 2.74. The second kappa shape index (κ2) is 6.15. The van der Waals surface area contributed by atoms with E-state index in [1.54, 1.807) is 0 Å². The highest BCUT2D eigenvalue weighted by Crippen LogP contribution is 2.35. The van der Waals surface area contributed by atoms with Crippen molar-refractivity contribution in [3.05, 3.63) is 12.4 Å². The molecule has 0 saturated heterocycles. The number of carbonyl (C=O) groups is 2. The third kappa shape index (κ3) is 4.21. The van der Waals surface area contributed by atoms with Crippen LogP contribution in [0.3, 0.4) is 0 Å². The highest BCUT2D eigenvalue weighted by Gasteiger charge is 2.33. The largest absolute Gasteiger partial charge is 0.480 e. The molecule has 1 aromatic rings. The first kappa shape index (κ1) is 15.3. The number of hydrogen-bond acceptors (Lipinski definition) is 3. The summed E-state index contributed by atoms with van der Waals surface area (Å²) in [6.45, 7) is 4.11. The zero-order valence-corrected chi connectivity index (χ0v) is 12.4. The quantitative estimate of drug-likeness (QED) is 0.792. The van der Waals surface area contributed by atoms with E-state index in [-0.39, 0.29) is 24.0 Å². The van der Waals surface area contributed by atoms with Gasteiger partial charge in [-0.15, -0.1) is 0 Å². The highest BCUT2D eigenvalue weighted by molar-refractivity contribution is 5.89. The van der Waals surface area contributed by atoms with Gasteiger partial charge in [0, 0.05) is 12.2 Å². The number of urea groups is 1. The van der Waals surface area contributed by atoms with Gasteiger partial charge in [-0.05, 0) is 18.3 Å². The SMILES string of the molecule is CC1(C)CCCCC1NC(=O)Nc1cnn(CC(=O)O)c1. The summed E-state index contributed by atoms with van der Waals surface area (Å²) in [6, 6.07) is -0.120. The maximum Gasteiger partial charge on any atom is 0.325 e. The number of nitrogens with one attached hydrogen (secondary N) is 2. The van der Waals surface area contributed by atoms with Crippen molar-refractivity contribution in [3.8, 4) is 0 Å². The number of carboxylic acid groups (broad SMARTS) is 1. The van der Waals surface area contributed by atoms with Crippen molar-refractivity contribution >= 4 is 17.7 Å². The summed E-state index contributed by atoms with van der Waals surface area (Å²) in [5, 5.41) is 18.2. The molecule has 116 valence electrons. The Balaban J connectivity index is 1.89. The number of rotatable bonds is 4. The molecule has 2 amide bonds. The fourth-order valence-electron chi connectivity index (χ4n) is 2.74. The second-order valence-corrected chi connectivity index (χ2v) is 6.21. The first-order valence-electron chi connectivity index (χ1n) is 7.18. The van der Waals surface area contributed by atoms with Crippen molar-refractivity contribution in [2.24, 2.45) is 5.41 Å². The monoisotopic (exact) mass is 294 g/mol. The summed E-state index contributed by atoms with van der Waals surface area (Å²) in [5.74, 6) is -0.974. The van der Waals surface area contributed by atoms with Crippen molar-refractivity contribution in [1.29, 1.82) is 0 Å². The van der Waals surface area contributed by atoms with Crippen LogP contribution in [-0.2, 0) is 11.3 Å². The topological polar surface area (TPSA) is 96.3 Å². The minimum atomic E-state index is -0.974. The molecule has 0 spiro atoms.